The summed E-state index contributed by atoms with van der Waals surface area (Å²) < 4.78 is 27.2. The fourth-order valence-electron chi connectivity index (χ4n) is 4.12. The lowest BCUT2D eigenvalue weighted by Gasteiger charge is -2.21. The van der Waals surface area contributed by atoms with E-state index in [1.165, 1.54) is 17.9 Å². The maximum atomic E-state index is 15.0. The van der Waals surface area contributed by atoms with Crippen molar-refractivity contribution in [2.24, 2.45) is 11.7 Å². The number of esters is 1. The number of nitrogens with one attached hydrogen (secondary N) is 1. The Labute approximate surface area is 208 Å². The largest absolute Gasteiger partial charge is 0.463 e. The molecule has 4 rings (SSSR count). The predicted molar refractivity (Wildman–Crippen MR) is 129 cm³/mol. The van der Waals surface area contributed by atoms with Gasteiger partial charge in [-0.3, -0.25) is 19.2 Å². The van der Waals surface area contributed by atoms with Crippen LogP contribution in [0, 0.1) is 11.7 Å². The Kier molecular flexibility index (Phi) is 7.43. The highest BCUT2D eigenvalue weighted by atomic mass is 19.1. The van der Waals surface area contributed by atoms with Gasteiger partial charge in [-0.25, -0.2) is 9.18 Å². The van der Waals surface area contributed by atoms with Crippen molar-refractivity contribution in [1.82, 2.24) is 15.1 Å². The number of rotatable bonds is 9. The number of nitrogens with two attached hydrogens (primary N) is 1. The Morgan fingerprint density at radius 3 is 2.78 bits per heavy atom. The highest BCUT2D eigenvalue weighted by molar-refractivity contribution is 5.90. The van der Waals surface area contributed by atoms with Crippen LogP contribution in [0.25, 0.3) is 0 Å². The van der Waals surface area contributed by atoms with Gasteiger partial charge >= 0.3 is 12.1 Å². The first-order valence-corrected chi connectivity index (χ1v) is 11.9. The summed E-state index contributed by atoms with van der Waals surface area (Å²) in [5.41, 5.74) is 8.37. The third-order valence-corrected chi connectivity index (χ3v) is 6.22. The van der Waals surface area contributed by atoms with Crippen LogP contribution in [0.15, 0.2) is 24.4 Å². The van der Waals surface area contributed by atoms with E-state index in [-0.39, 0.29) is 31.5 Å². The lowest BCUT2D eigenvalue weighted by atomic mass is 10.1. The third-order valence-electron chi connectivity index (χ3n) is 6.22. The summed E-state index contributed by atoms with van der Waals surface area (Å²) in [4.78, 5) is 38.4. The molecular weight excluding hydrogens is 471 g/mol. The topological polar surface area (TPSA) is 132 Å². The van der Waals surface area contributed by atoms with Crippen molar-refractivity contribution in [3.8, 4) is 0 Å². The monoisotopic (exact) mass is 502 g/mol. The molecule has 0 bridgehead atoms. The smallest absolute Gasteiger partial charge is 0.414 e. The number of amides is 2. The lowest BCUT2D eigenvalue weighted by molar-refractivity contribution is -0.146. The van der Waals surface area contributed by atoms with Gasteiger partial charge in [-0.2, -0.15) is 5.10 Å². The van der Waals surface area contributed by atoms with Crippen LogP contribution in [0.1, 0.15) is 32.0 Å². The number of aromatic nitrogens is 2. The van der Waals surface area contributed by atoms with E-state index in [9.17, 15) is 14.4 Å². The van der Waals surface area contributed by atoms with Crippen molar-refractivity contribution in [3.63, 3.8) is 0 Å². The van der Waals surface area contributed by atoms with Gasteiger partial charge in [-0.05, 0) is 24.1 Å². The average Bonchev–Trinajstić information content (AvgIpc) is 3.49. The van der Waals surface area contributed by atoms with Crippen LogP contribution in [0.5, 0.6) is 0 Å². The number of benzene rings is 1. The normalized spacial score (nSPS) is 17.8. The quantitative estimate of drug-likeness (QED) is 0.494. The minimum Gasteiger partial charge on any atom is -0.463 e. The van der Waals surface area contributed by atoms with Crippen molar-refractivity contribution < 1.29 is 28.2 Å². The summed E-state index contributed by atoms with van der Waals surface area (Å²) in [5.74, 6) is -1.10. The Morgan fingerprint density at radius 1 is 1.33 bits per heavy atom. The number of fused-ring (bicyclic) bond motifs is 1. The van der Waals surface area contributed by atoms with Crippen molar-refractivity contribution in [1.29, 1.82) is 0 Å². The SMILES string of the molecule is CC(=O)NC[C@H]1CN(c2ccc(N3Cc4cn(CCOC(=O)[C@H](N)C(C)C)nc4C3)c(F)c2)C(=O)O1. The van der Waals surface area contributed by atoms with Crippen LogP contribution < -0.4 is 20.9 Å². The summed E-state index contributed by atoms with van der Waals surface area (Å²) in [7, 11) is 0. The summed E-state index contributed by atoms with van der Waals surface area (Å²) >= 11 is 0. The molecule has 194 valence electrons. The van der Waals surface area contributed by atoms with Crippen LogP contribution in [-0.4, -0.2) is 59.6 Å². The minimum atomic E-state index is -0.649. The van der Waals surface area contributed by atoms with E-state index in [1.807, 2.05) is 24.9 Å². The first kappa shape index (κ1) is 25.4. The van der Waals surface area contributed by atoms with Gasteiger partial charge in [-0.15, -0.1) is 0 Å². The second-order valence-electron chi connectivity index (χ2n) is 9.35. The molecule has 2 aliphatic heterocycles. The number of ether oxygens (including phenoxy) is 2. The molecule has 2 amide bonds. The molecule has 0 radical (unpaired) electrons. The van der Waals surface area contributed by atoms with Gasteiger partial charge in [0.1, 0.15) is 24.6 Å². The van der Waals surface area contributed by atoms with E-state index in [0.717, 1.165) is 11.3 Å². The standard InChI is InChI=1S/C24H31FN6O5/c1-14(2)22(26)23(33)35-7-6-30-11-16-10-29(13-20(16)28-30)21-5-4-17(8-19(21)25)31-12-18(36-24(31)34)9-27-15(3)32/h4-5,8,11,14,18,22H,6-7,9-10,12-13,26H2,1-3H3,(H,27,32)/t18-,22+/m0/s1. The molecule has 11 nitrogen and oxygen atoms in total. The van der Waals surface area contributed by atoms with Crippen LogP contribution >= 0.6 is 0 Å². The molecule has 1 saturated heterocycles. The molecule has 2 atom stereocenters. The molecule has 1 fully saturated rings. The number of carbonyl (C=O) groups excluding carboxylic acids is 3. The Balaban J connectivity index is 1.32. The van der Waals surface area contributed by atoms with Gasteiger partial charge in [0.15, 0.2) is 0 Å². The van der Waals surface area contributed by atoms with Gasteiger partial charge in [0.25, 0.3) is 0 Å². The first-order chi connectivity index (χ1) is 17.1. The first-order valence-electron chi connectivity index (χ1n) is 11.9. The van der Waals surface area contributed by atoms with Crippen LogP contribution in [0.3, 0.4) is 0 Å². The number of hydrogen-bond acceptors (Lipinski definition) is 8. The molecule has 2 aromatic rings. The van der Waals surface area contributed by atoms with Crippen LogP contribution in [0.2, 0.25) is 0 Å². The molecule has 12 heteroatoms. The summed E-state index contributed by atoms with van der Waals surface area (Å²) in [6.07, 6.45) is 0.794. The van der Waals surface area contributed by atoms with Gasteiger partial charge in [-0.1, -0.05) is 13.8 Å². The molecule has 0 spiro atoms. The zero-order valence-electron chi connectivity index (χ0n) is 20.6. The number of hydrogen-bond donors (Lipinski definition) is 2. The number of carbonyl (C=O) groups is 3. The van der Waals surface area contributed by atoms with E-state index in [2.05, 4.69) is 10.4 Å². The summed E-state index contributed by atoms with van der Waals surface area (Å²) in [6, 6.07) is 3.97. The van der Waals surface area contributed by atoms with E-state index < -0.39 is 30.0 Å². The number of halogens is 1. The minimum absolute atomic E-state index is 0.00239. The van der Waals surface area contributed by atoms with Gasteiger partial charge < -0.3 is 25.4 Å². The fraction of sp³-hybridized carbons (Fsp3) is 0.500. The van der Waals surface area contributed by atoms with E-state index in [0.29, 0.717) is 31.0 Å². The molecule has 1 aromatic carbocycles. The fourth-order valence-corrected chi connectivity index (χ4v) is 4.12. The molecule has 0 unspecified atom stereocenters. The summed E-state index contributed by atoms with van der Waals surface area (Å²) in [6.45, 7) is 7.02. The molecule has 0 saturated carbocycles. The third kappa shape index (κ3) is 5.59. The molecular formula is C24H31FN6O5. The van der Waals surface area contributed by atoms with Crippen molar-refractivity contribution in [2.45, 2.75) is 52.6 Å². The van der Waals surface area contributed by atoms with Gasteiger partial charge in [0.05, 0.1) is 43.2 Å². The summed E-state index contributed by atoms with van der Waals surface area (Å²) in [5, 5.41) is 7.15. The van der Waals surface area contributed by atoms with Crippen molar-refractivity contribution >= 4 is 29.3 Å². The second-order valence-corrected chi connectivity index (χ2v) is 9.35. The number of cyclic esters (lactones) is 1. The predicted octanol–water partition coefficient (Wildman–Crippen LogP) is 1.53. The average molecular weight is 503 g/mol. The van der Waals surface area contributed by atoms with E-state index in [4.69, 9.17) is 15.2 Å². The molecule has 2 aliphatic rings. The number of nitrogens with zero attached hydrogens (tertiary/aromatic N) is 4. The van der Waals surface area contributed by atoms with E-state index >= 15 is 4.39 Å². The van der Waals surface area contributed by atoms with E-state index in [1.54, 1.807) is 16.8 Å². The second kappa shape index (κ2) is 10.5. The molecule has 36 heavy (non-hydrogen) atoms. The Bertz CT molecular complexity index is 1130. The Morgan fingerprint density at radius 2 is 2.11 bits per heavy atom. The van der Waals surface area contributed by atoms with Crippen LogP contribution in [0.4, 0.5) is 20.6 Å². The lowest BCUT2D eigenvalue weighted by Crippen LogP contribution is -2.37. The maximum absolute atomic E-state index is 15.0. The Hall–Kier alpha value is -3.67. The van der Waals surface area contributed by atoms with Crippen molar-refractivity contribution in [3.05, 3.63) is 41.5 Å². The highest BCUT2D eigenvalue weighted by Gasteiger charge is 2.33. The zero-order valence-corrected chi connectivity index (χ0v) is 20.6. The van der Waals surface area contributed by atoms with Gasteiger partial charge in [0, 0.05) is 25.2 Å². The molecule has 3 N–H and O–H groups in total. The van der Waals surface area contributed by atoms with Gasteiger partial charge in [0.2, 0.25) is 5.91 Å². The maximum Gasteiger partial charge on any atom is 0.414 e. The molecule has 0 aliphatic carbocycles. The highest BCUT2D eigenvalue weighted by Crippen LogP contribution is 2.32. The van der Waals surface area contributed by atoms with Crippen LogP contribution in [-0.2, 0) is 38.7 Å². The zero-order chi connectivity index (χ0) is 26.0. The molecule has 3 heterocycles. The molecule has 1 aromatic heterocycles. The van der Waals surface area contributed by atoms with Crippen molar-refractivity contribution in [2.75, 3.05) is 29.5 Å². The number of anilines is 2.